The highest BCUT2D eigenvalue weighted by Gasteiger charge is 1.93. The van der Waals surface area contributed by atoms with E-state index in [1.54, 1.807) is 18.3 Å². The smallest absolute Gasteiger partial charge is 0.140 e. The van der Waals surface area contributed by atoms with E-state index in [1.807, 2.05) is 6.07 Å². The zero-order valence-corrected chi connectivity index (χ0v) is 5.99. The predicted octanol–water partition coefficient (Wildman–Crippen LogP) is 0.488. The third-order valence-electron chi connectivity index (χ3n) is 1.34. The monoisotopic (exact) mass is 148 g/mol. The second-order valence-corrected chi connectivity index (χ2v) is 2.13. The lowest BCUT2D eigenvalue weighted by molar-refractivity contribution is 0.299. The van der Waals surface area contributed by atoms with Crippen molar-refractivity contribution in [3.8, 4) is 6.07 Å². The summed E-state index contributed by atoms with van der Waals surface area (Å²) >= 11 is 0. The number of nitriles is 1. The Morgan fingerprint density at radius 3 is 3.09 bits per heavy atom. The first-order valence-corrected chi connectivity index (χ1v) is 3.32. The molecule has 0 aliphatic heterocycles. The quantitative estimate of drug-likeness (QED) is 0.664. The molecule has 0 aliphatic rings. The first-order valence-electron chi connectivity index (χ1n) is 3.32. The van der Waals surface area contributed by atoms with Crippen LogP contribution in [0.5, 0.6) is 0 Å². The van der Waals surface area contributed by atoms with Gasteiger partial charge in [-0.1, -0.05) is 0 Å². The molecule has 0 atom stereocenters. The molecule has 1 aromatic heterocycles. The van der Waals surface area contributed by atoms with Crippen LogP contribution in [0.1, 0.15) is 11.3 Å². The third-order valence-corrected chi connectivity index (χ3v) is 1.34. The molecule has 1 N–H and O–H groups in total. The predicted molar refractivity (Wildman–Crippen MR) is 39.7 cm³/mol. The van der Waals surface area contributed by atoms with Crippen LogP contribution in [0, 0.1) is 11.3 Å². The topological polar surface area (TPSA) is 56.9 Å². The van der Waals surface area contributed by atoms with E-state index < -0.39 is 0 Å². The minimum Gasteiger partial charge on any atom is -0.396 e. The Balaban J connectivity index is 2.85. The van der Waals surface area contributed by atoms with Crippen LogP contribution in [-0.4, -0.2) is 16.7 Å². The second kappa shape index (κ2) is 3.69. The summed E-state index contributed by atoms with van der Waals surface area (Å²) in [6.07, 6.45) is 2.15. The lowest BCUT2D eigenvalue weighted by Crippen LogP contribution is -1.92. The Hall–Kier alpha value is -1.40. The summed E-state index contributed by atoms with van der Waals surface area (Å²) in [6.45, 7) is 0.106. The fourth-order valence-electron chi connectivity index (χ4n) is 0.820. The van der Waals surface area contributed by atoms with Gasteiger partial charge < -0.3 is 5.11 Å². The van der Waals surface area contributed by atoms with Crippen molar-refractivity contribution in [2.75, 3.05) is 6.61 Å². The number of rotatable bonds is 2. The zero-order valence-electron chi connectivity index (χ0n) is 5.99. The van der Waals surface area contributed by atoms with Gasteiger partial charge in [0.25, 0.3) is 0 Å². The van der Waals surface area contributed by atoms with Crippen LogP contribution < -0.4 is 0 Å². The molecule has 1 rings (SSSR count). The van der Waals surface area contributed by atoms with Crippen molar-refractivity contribution >= 4 is 0 Å². The summed E-state index contributed by atoms with van der Waals surface area (Å²) in [5, 5.41) is 17.0. The van der Waals surface area contributed by atoms with Gasteiger partial charge in [0.2, 0.25) is 0 Å². The van der Waals surface area contributed by atoms with Crippen LogP contribution in [0.4, 0.5) is 0 Å². The maximum absolute atomic E-state index is 8.58. The van der Waals surface area contributed by atoms with Gasteiger partial charge in [0.15, 0.2) is 0 Å². The van der Waals surface area contributed by atoms with Crippen LogP contribution in [0.25, 0.3) is 0 Å². The molecular weight excluding hydrogens is 140 g/mol. The van der Waals surface area contributed by atoms with E-state index in [9.17, 15) is 0 Å². The van der Waals surface area contributed by atoms with E-state index in [-0.39, 0.29) is 6.61 Å². The van der Waals surface area contributed by atoms with Crippen LogP contribution in [0.15, 0.2) is 18.3 Å². The van der Waals surface area contributed by atoms with Crippen LogP contribution in [0.2, 0.25) is 0 Å². The first-order chi connectivity index (χ1) is 5.36. The summed E-state index contributed by atoms with van der Waals surface area (Å²) < 4.78 is 0. The van der Waals surface area contributed by atoms with Crippen LogP contribution in [0.3, 0.4) is 0 Å². The third kappa shape index (κ3) is 2.03. The summed E-state index contributed by atoms with van der Waals surface area (Å²) in [7, 11) is 0. The van der Waals surface area contributed by atoms with E-state index >= 15 is 0 Å². The molecule has 0 aliphatic carbocycles. The van der Waals surface area contributed by atoms with E-state index in [2.05, 4.69) is 4.98 Å². The standard InChI is InChI=1S/C8H8N2O/c9-6-8-5-7(2-4-11)1-3-10-8/h1,3,5,11H,2,4H2. The molecular formula is C8H8N2O. The van der Waals surface area contributed by atoms with Crippen molar-refractivity contribution < 1.29 is 5.11 Å². The van der Waals surface area contributed by atoms with Gasteiger partial charge in [-0.2, -0.15) is 5.26 Å². The molecule has 0 amide bonds. The minimum atomic E-state index is 0.106. The summed E-state index contributed by atoms with van der Waals surface area (Å²) in [5.41, 5.74) is 1.34. The first kappa shape index (κ1) is 7.70. The van der Waals surface area contributed by atoms with Crippen molar-refractivity contribution in [3.05, 3.63) is 29.6 Å². The Kier molecular flexibility index (Phi) is 2.59. The van der Waals surface area contributed by atoms with Gasteiger partial charge >= 0.3 is 0 Å². The van der Waals surface area contributed by atoms with Crippen molar-refractivity contribution in [1.29, 1.82) is 5.26 Å². The molecule has 1 heterocycles. The normalized spacial score (nSPS) is 9.09. The molecule has 3 nitrogen and oxygen atoms in total. The molecule has 0 saturated carbocycles. The number of hydrogen-bond donors (Lipinski definition) is 1. The zero-order chi connectivity index (χ0) is 8.10. The average Bonchev–Trinajstić information content (AvgIpc) is 2.06. The highest BCUT2D eigenvalue weighted by molar-refractivity contribution is 5.25. The van der Waals surface area contributed by atoms with Crippen molar-refractivity contribution in [1.82, 2.24) is 4.98 Å². The number of nitrogens with zero attached hydrogens (tertiary/aromatic N) is 2. The van der Waals surface area contributed by atoms with Gasteiger partial charge in [-0.15, -0.1) is 0 Å². The fraction of sp³-hybridized carbons (Fsp3) is 0.250. The molecule has 11 heavy (non-hydrogen) atoms. The number of hydrogen-bond acceptors (Lipinski definition) is 3. The maximum atomic E-state index is 8.58. The molecule has 0 radical (unpaired) electrons. The molecule has 0 saturated heterocycles. The molecule has 56 valence electrons. The van der Waals surface area contributed by atoms with Gasteiger partial charge in [0.1, 0.15) is 11.8 Å². The summed E-state index contributed by atoms with van der Waals surface area (Å²) in [4.78, 5) is 3.80. The number of aromatic nitrogens is 1. The summed E-state index contributed by atoms with van der Waals surface area (Å²) in [5.74, 6) is 0. The van der Waals surface area contributed by atoms with Gasteiger partial charge in [-0.25, -0.2) is 4.98 Å². The molecule has 1 aromatic rings. The van der Waals surface area contributed by atoms with Crippen molar-refractivity contribution in [2.24, 2.45) is 0 Å². The van der Waals surface area contributed by atoms with E-state index in [1.165, 1.54) is 0 Å². The Morgan fingerprint density at radius 2 is 2.45 bits per heavy atom. The highest BCUT2D eigenvalue weighted by Crippen LogP contribution is 2.00. The molecule has 0 spiro atoms. The van der Waals surface area contributed by atoms with Crippen molar-refractivity contribution in [2.45, 2.75) is 6.42 Å². The van der Waals surface area contributed by atoms with Gasteiger partial charge in [0.05, 0.1) is 0 Å². The lowest BCUT2D eigenvalue weighted by atomic mass is 10.2. The van der Waals surface area contributed by atoms with Gasteiger partial charge in [-0.3, -0.25) is 0 Å². The molecule has 0 bridgehead atoms. The molecule has 0 aromatic carbocycles. The van der Waals surface area contributed by atoms with E-state index in [0.717, 1.165) is 5.56 Å². The Morgan fingerprint density at radius 1 is 1.64 bits per heavy atom. The Bertz CT molecular complexity index is 278. The lowest BCUT2D eigenvalue weighted by Gasteiger charge is -1.95. The van der Waals surface area contributed by atoms with E-state index in [0.29, 0.717) is 12.1 Å². The average molecular weight is 148 g/mol. The minimum absolute atomic E-state index is 0.106. The van der Waals surface area contributed by atoms with E-state index in [4.69, 9.17) is 10.4 Å². The number of aliphatic hydroxyl groups excluding tert-OH is 1. The fourth-order valence-corrected chi connectivity index (χ4v) is 0.820. The summed E-state index contributed by atoms with van der Waals surface area (Å²) in [6, 6.07) is 5.40. The van der Waals surface area contributed by atoms with Gasteiger partial charge in [0, 0.05) is 12.8 Å². The SMILES string of the molecule is N#Cc1cc(CCO)ccn1. The number of aliphatic hydroxyl groups is 1. The van der Waals surface area contributed by atoms with Crippen LogP contribution >= 0.6 is 0 Å². The number of pyridine rings is 1. The van der Waals surface area contributed by atoms with Gasteiger partial charge in [-0.05, 0) is 24.1 Å². The van der Waals surface area contributed by atoms with Crippen LogP contribution in [-0.2, 0) is 6.42 Å². The Labute approximate surface area is 64.9 Å². The molecule has 0 fully saturated rings. The largest absolute Gasteiger partial charge is 0.396 e. The maximum Gasteiger partial charge on any atom is 0.140 e. The highest BCUT2D eigenvalue weighted by atomic mass is 16.2. The molecule has 3 heteroatoms. The second-order valence-electron chi connectivity index (χ2n) is 2.13. The van der Waals surface area contributed by atoms with Crippen molar-refractivity contribution in [3.63, 3.8) is 0 Å². The molecule has 0 unspecified atom stereocenters.